The van der Waals surface area contributed by atoms with Crippen LogP contribution in [0, 0.1) is 11.8 Å². The van der Waals surface area contributed by atoms with Crippen molar-refractivity contribution in [3.05, 3.63) is 29.8 Å². The maximum atomic E-state index is 12.1. The van der Waals surface area contributed by atoms with Gasteiger partial charge >= 0.3 is 5.97 Å². The molecule has 0 aromatic heterocycles. The van der Waals surface area contributed by atoms with Crippen LogP contribution in [0.25, 0.3) is 0 Å². The van der Waals surface area contributed by atoms with Crippen LogP contribution in [0.2, 0.25) is 0 Å². The van der Waals surface area contributed by atoms with Crippen molar-refractivity contribution in [2.45, 2.75) is 25.7 Å². The molecule has 0 heterocycles. The number of ether oxygens (including phenoxy) is 1. The Hall–Kier alpha value is -1.84. The summed E-state index contributed by atoms with van der Waals surface area (Å²) in [5, 5.41) is 8.95. The third-order valence-corrected chi connectivity index (χ3v) is 3.76. The van der Waals surface area contributed by atoms with Gasteiger partial charge in [-0.1, -0.05) is 12.1 Å². The van der Waals surface area contributed by atoms with E-state index in [-0.39, 0.29) is 17.6 Å². The fourth-order valence-corrected chi connectivity index (χ4v) is 2.66. The molecule has 1 aromatic carbocycles. The molecule has 1 fully saturated rings. The van der Waals surface area contributed by atoms with E-state index in [1.165, 1.54) is 0 Å². The van der Waals surface area contributed by atoms with Crippen molar-refractivity contribution in [2.24, 2.45) is 11.8 Å². The van der Waals surface area contributed by atoms with Crippen molar-refractivity contribution in [3.63, 3.8) is 0 Å². The summed E-state index contributed by atoms with van der Waals surface area (Å²) in [6.45, 7) is 0. The molecule has 4 heteroatoms. The molecule has 2 atom stereocenters. The van der Waals surface area contributed by atoms with Gasteiger partial charge in [-0.3, -0.25) is 9.59 Å². The van der Waals surface area contributed by atoms with E-state index in [1.54, 1.807) is 31.4 Å². The number of ketones is 1. The monoisotopic (exact) mass is 262 g/mol. The lowest BCUT2D eigenvalue weighted by Gasteiger charge is -2.09. The highest BCUT2D eigenvalue weighted by atomic mass is 16.5. The van der Waals surface area contributed by atoms with Gasteiger partial charge in [0.15, 0.2) is 5.78 Å². The van der Waals surface area contributed by atoms with E-state index in [9.17, 15) is 9.59 Å². The minimum atomic E-state index is -0.740. The standard InChI is InChI=1S/C15H18O4/c1-19-13-4-2-3-11(9-13)14(16)8-10-5-6-12(7-10)15(17)18/h2-4,9-10,12H,5-8H2,1H3,(H,17,18)/t10-,12+/m1/s1. The van der Waals surface area contributed by atoms with Crippen molar-refractivity contribution in [1.82, 2.24) is 0 Å². The second-order valence-corrected chi connectivity index (χ2v) is 5.07. The maximum Gasteiger partial charge on any atom is 0.306 e. The van der Waals surface area contributed by atoms with Crippen molar-refractivity contribution >= 4 is 11.8 Å². The van der Waals surface area contributed by atoms with Gasteiger partial charge in [0.2, 0.25) is 0 Å². The van der Waals surface area contributed by atoms with Crippen LogP contribution < -0.4 is 4.74 Å². The molecule has 2 rings (SSSR count). The van der Waals surface area contributed by atoms with E-state index in [4.69, 9.17) is 9.84 Å². The van der Waals surface area contributed by atoms with Crippen molar-refractivity contribution in [2.75, 3.05) is 7.11 Å². The van der Waals surface area contributed by atoms with Gasteiger partial charge in [0.1, 0.15) is 5.75 Å². The number of Topliss-reactive ketones (excluding diaryl/α,β-unsaturated/α-hetero) is 1. The zero-order valence-electron chi connectivity index (χ0n) is 11.0. The lowest BCUT2D eigenvalue weighted by atomic mass is 9.96. The van der Waals surface area contributed by atoms with E-state index >= 15 is 0 Å². The number of carboxylic acids is 1. The minimum Gasteiger partial charge on any atom is -0.497 e. The molecule has 1 aliphatic rings. The molecule has 0 radical (unpaired) electrons. The highest BCUT2D eigenvalue weighted by Crippen LogP contribution is 2.34. The van der Waals surface area contributed by atoms with Crippen LogP contribution in [-0.2, 0) is 4.79 Å². The first-order valence-corrected chi connectivity index (χ1v) is 6.50. The van der Waals surface area contributed by atoms with E-state index in [0.29, 0.717) is 30.6 Å². The maximum absolute atomic E-state index is 12.1. The van der Waals surface area contributed by atoms with Gasteiger partial charge in [-0.25, -0.2) is 0 Å². The number of carbonyl (C=O) groups excluding carboxylic acids is 1. The van der Waals surface area contributed by atoms with Gasteiger partial charge in [-0.2, -0.15) is 0 Å². The number of rotatable bonds is 5. The van der Waals surface area contributed by atoms with Crippen molar-refractivity contribution in [1.29, 1.82) is 0 Å². The van der Waals surface area contributed by atoms with Crippen LogP contribution in [0.1, 0.15) is 36.0 Å². The number of benzene rings is 1. The summed E-state index contributed by atoms with van der Waals surface area (Å²) >= 11 is 0. The fourth-order valence-electron chi connectivity index (χ4n) is 2.66. The Balaban J connectivity index is 1.96. The number of hydrogen-bond acceptors (Lipinski definition) is 3. The Morgan fingerprint density at radius 3 is 2.79 bits per heavy atom. The number of carbonyl (C=O) groups is 2. The normalized spacial score (nSPS) is 22.2. The third-order valence-electron chi connectivity index (χ3n) is 3.76. The van der Waals surface area contributed by atoms with E-state index in [2.05, 4.69) is 0 Å². The molecule has 0 spiro atoms. The second-order valence-electron chi connectivity index (χ2n) is 5.07. The summed E-state index contributed by atoms with van der Waals surface area (Å²) in [5.41, 5.74) is 0.637. The van der Waals surface area contributed by atoms with Crippen LogP contribution in [0.15, 0.2) is 24.3 Å². The SMILES string of the molecule is COc1cccc(C(=O)C[C@@H]2CC[C@H](C(=O)O)C2)c1. The molecule has 1 N–H and O–H groups in total. The molecule has 1 aromatic rings. The number of carboxylic acid groups (broad SMARTS) is 1. The highest BCUT2D eigenvalue weighted by Gasteiger charge is 2.30. The average Bonchev–Trinajstić information content (AvgIpc) is 2.87. The van der Waals surface area contributed by atoms with E-state index in [1.807, 2.05) is 0 Å². The fraction of sp³-hybridized carbons (Fsp3) is 0.467. The van der Waals surface area contributed by atoms with E-state index < -0.39 is 5.97 Å². The smallest absolute Gasteiger partial charge is 0.306 e. The molecule has 4 nitrogen and oxygen atoms in total. The van der Waals surface area contributed by atoms with Gasteiger partial charge in [-0.15, -0.1) is 0 Å². The van der Waals surface area contributed by atoms with Crippen molar-refractivity contribution < 1.29 is 19.4 Å². The van der Waals surface area contributed by atoms with Crippen LogP contribution in [0.4, 0.5) is 0 Å². The Bertz CT molecular complexity index is 481. The van der Waals surface area contributed by atoms with Gasteiger partial charge in [0, 0.05) is 12.0 Å². The predicted octanol–water partition coefficient (Wildman–Crippen LogP) is 2.77. The van der Waals surface area contributed by atoms with Crippen LogP contribution in [-0.4, -0.2) is 24.0 Å². The molecule has 0 bridgehead atoms. The molecule has 0 saturated heterocycles. The molecule has 0 unspecified atom stereocenters. The molecule has 0 amide bonds. The summed E-state index contributed by atoms with van der Waals surface area (Å²) in [5.74, 6) is -0.0881. The van der Waals surface area contributed by atoms with Gasteiger partial charge in [0.05, 0.1) is 13.0 Å². The molecule has 19 heavy (non-hydrogen) atoms. The lowest BCUT2D eigenvalue weighted by molar-refractivity contribution is -0.141. The molecule has 1 saturated carbocycles. The quantitative estimate of drug-likeness (QED) is 0.829. The zero-order chi connectivity index (χ0) is 13.8. The van der Waals surface area contributed by atoms with Gasteiger partial charge in [-0.05, 0) is 37.3 Å². The Kier molecular flexibility index (Phi) is 4.20. The van der Waals surface area contributed by atoms with Crippen LogP contribution in [0.3, 0.4) is 0 Å². The molecule has 102 valence electrons. The minimum absolute atomic E-state index is 0.0648. The first kappa shape index (κ1) is 13.6. The molecule has 0 aliphatic heterocycles. The van der Waals surface area contributed by atoms with Crippen LogP contribution in [0.5, 0.6) is 5.75 Å². The summed E-state index contributed by atoms with van der Waals surface area (Å²) in [7, 11) is 1.57. The average molecular weight is 262 g/mol. The lowest BCUT2D eigenvalue weighted by Crippen LogP contribution is -2.11. The van der Waals surface area contributed by atoms with Gasteiger partial charge in [0.25, 0.3) is 0 Å². The number of aliphatic carboxylic acids is 1. The summed E-state index contributed by atoms with van der Waals surface area (Å²) in [4.78, 5) is 23.0. The van der Waals surface area contributed by atoms with Crippen LogP contribution >= 0.6 is 0 Å². The largest absolute Gasteiger partial charge is 0.497 e. The number of methoxy groups -OCH3 is 1. The summed E-state index contributed by atoms with van der Waals surface area (Å²) in [6.07, 6.45) is 2.56. The highest BCUT2D eigenvalue weighted by molar-refractivity contribution is 5.96. The third kappa shape index (κ3) is 3.34. The topological polar surface area (TPSA) is 63.6 Å². The van der Waals surface area contributed by atoms with E-state index in [0.717, 1.165) is 6.42 Å². The molecular weight excluding hydrogens is 244 g/mol. The Morgan fingerprint density at radius 1 is 1.37 bits per heavy atom. The summed E-state index contributed by atoms with van der Waals surface area (Å²) in [6, 6.07) is 7.09. The van der Waals surface area contributed by atoms with Gasteiger partial charge < -0.3 is 9.84 Å². The zero-order valence-corrected chi connectivity index (χ0v) is 11.0. The number of hydrogen-bond donors (Lipinski definition) is 1. The van der Waals surface area contributed by atoms with Crippen molar-refractivity contribution in [3.8, 4) is 5.75 Å². The predicted molar refractivity (Wildman–Crippen MR) is 70.4 cm³/mol. The second kappa shape index (κ2) is 5.87. The molecular formula is C15H18O4. The first-order valence-electron chi connectivity index (χ1n) is 6.50. The Labute approximate surface area is 112 Å². The first-order chi connectivity index (χ1) is 9.10. The molecule has 1 aliphatic carbocycles. The Morgan fingerprint density at radius 2 is 2.16 bits per heavy atom. The summed E-state index contributed by atoms with van der Waals surface area (Å²) < 4.78 is 5.09.